The third-order valence-corrected chi connectivity index (χ3v) is 4.23. The molecule has 1 aliphatic heterocycles. The van der Waals surface area contributed by atoms with Gasteiger partial charge in [0, 0.05) is 30.1 Å². The molecule has 1 fully saturated rings. The fourth-order valence-corrected chi connectivity index (χ4v) is 3.15. The van der Waals surface area contributed by atoms with Crippen LogP contribution < -0.4 is 5.73 Å². The Balaban J connectivity index is 0.00000162. The summed E-state index contributed by atoms with van der Waals surface area (Å²) in [7, 11) is 0. The van der Waals surface area contributed by atoms with Crippen LogP contribution in [-0.2, 0) is 4.79 Å². The maximum absolute atomic E-state index is 11.9. The molecule has 0 aliphatic carbocycles. The summed E-state index contributed by atoms with van der Waals surface area (Å²) in [6, 6.07) is -0.396. The molecule has 110 valence electrons. The van der Waals surface area contributed by atoms with Crippen LogP contribution in [0.3, 0.4) is 0 Å². The molecule has 19 heavy (non-hydrogen) atoms. The summed E-state index contributed by atoms with van der Waals surface area (Å²) in [4.78, 5) is 18.3. The summed E-state index contributed by atoms with van der Waals surface area (Å²) in [6.45, 7) is 5.36. The van der Waals surface area contributed by atoms with Gasteiger partial charge in [-0.1, -0.05) is 0 Å². The van der Waals surface area contributed by atoms with Crippen LogP contribution >= 0.6 is 36.2 Å². The maximum Gasteiger partial charge on any atom is 0.239 e. The minimum absolute atomic E-state index is 0. The molecule has 0 saturated carbocycles. The van der Waals surface area contributed by atoms with E-state index in [1.807, 2.05) is 11.8 Å². The Kier molecular flexibility index (Phi) is 7.89. The summed E-state index contributed by atoms with van der Waals surface area (Å²) < 4.78 is 0. The lowest BCUT2D eigenvalue weighted by Gasteiger charge is -2.32. The predicted octanol–water partition coefficient (Wildman–Crippen LogP) is 2.35. The van der Waals surface area contributed by atoms with E-state index in [0.717, 1.165) is 36.6 Å². The number of nitrogens with zero attached hydrogens (tertiary/aromatic N) is 2. The van der Waals surface area contributed by atoms with Crippen molar-refractivity contribution in [3.8, 4) is 0 Å². The van der Waals surface area contributed by atoms with Crippen molar-refractivity contribution in [2.24, 2.45) is 5.73 Å². The first kappa shape index (κ1) is 18.6. The van der Waals surface area contributed by atoms with Gasteiger partial charge in [0.05, 0.1) is 11.0 Å². The van der Waals surface area contributed by atoms with Gasteiger partial charge in [0.15, 0.2) is 0 Å². The zero-order valence-corrected chi connectivity index (χ0v) is 13.6. The van der Waals surface area contributed by atoms with Crippen molar-refractivity contribution in [1.29, 1.82) is 0 Å². The highest BCUT2D eigenvalue weighted by molar-refractivity contribution is 7.09. The van der Waals surface area contributed by atoms with Gasteiger partial charge in [0.1, 0.15) is 0 Å². The maximum atomic E-state index is 11.9. The Hall–Kier alpha value is -0.360. The second kappa shape index (κ2) is 8.04. The van der Waals surface area contributed by atoms with E-state index >= 15 is 0 Å². The minimum Gasteiger partial charge on any atom is -0.341 e. The van der Waals surface area contributed by atoms with Crippen molar-refractivity contribution in [2.75, 3.05) is 13.1 Å². The number of carbonyl (C=O) groups is 1. The first-order valence-corrected chi connectivity index (χ1v) is 6.92. The molecule has 1 aromatic heterocycles. The fraction of sp³-hybridized carbons (Fsp3) is 0.667. The van der Waals surface area contributed by atoms with Crippen molar-refractivity contribution >= 4 is 42.1 Å². The lowest BCUT2D eigenvalue weighted by atomic mass is 9.98. The Bertz CT molecular complexity index is 411. The molecular weight excluding hydrogens is 305 g/mol. The summed E-state index contributed by atoms with van der Waals surface area (Å²) in [5.74, 6) is 0.452. The highest BCUT2D eigenvalue weighted by atomic mass is 35.5. The number of likely N-dealkylation sites (tertiary alicyclic amines) is 1. The topological polar surface area (TPSA) is 59.2 Å². The molecule has 0 radical (unpaired) electrons. The summed E-state index contributed by atoms with van der Waals surface area (Å²) >= 11 is 1.70. The predicted molar refractivity (Wildman–Crippen MR) is 83.6 cm³/mol. The molecule has 1 unspecified atom stereocenters. The summed E-state index contributed by atoms with van der Waals surface area (Å²) in [5.41, 5.74) is 6.72. The highest BCUT2D eigenvalue weighted by Crippen LogP contribution is 2.29. The molecule has 0 spiro atoms. The molecule has 1 saturated heterocycles. The van der Waals surface area contributed by atoms with Crippen LogP contribution in [0.1, 0.15) is 36.4 Å². The lowest BCUT2D eigenvalue weighted by molar-refractivity contribution is -0.133. The van der Waals surface area contributed by atoms with Crippen molar-refractivity contribution in [2.45, 2.75) is 38.6 Å². The van der Waals surface area contributed by atoms with Crippen LogP contribution in [0.15, 0.2) is 5.38 Å². The van der Waals surface area contributed by atoms with Gasteiger partial charge in [-0.25, -0.2) is 4.98 Å². The van der Waals surface area contributed by atoms with E-state index < -0.39 is 6.04 Å². The SMILES string of the molecule is Cc1csc(C2CCCN(C(=O)[C@@H](C)N)C2)n1.Cl.Cl. The molecule has 0 bridgehead atoms. The van der Waals surface area contributed by atoms with Gasteiger partial charge in [0.25, 0.3) is 0 Å². The number of thiazole rings is 1. The Morgan fingerprint density at radius 1 is 1.58 bits per heavy atom. The molecule has 1 aromatic rings. The van der Waals surface area contributed by atoms with Crippen LogP contribution in [0, 0.1) is 6.92 Å². The lowest BCUT2D eigenvalue weighted by Crippen LogP contribution is -2.46. The first-order chi connectivity index (χ1) is 8.08. The van der Waals surface area contributed by atoms with E-state index in [-0.39, 0.29) is 30.7 Å². The monoisotopic (exact) mass is 325 g/mol. The van der Waals surface area contributed by atoms with Gasteiger partial charge < -0.3 is 10.6 Å². The number of aryl methyl sites for hydroxylation is 1. The van der Waals surface area contributed by atoms with E-state index in [2.05, 4.69) is 10.4 Å². The number of amides is 1. The van der Waals surface area contributed by atoms with E-state index in [1.165, 1.54) is 0 Å². The normalized spacial score (nSPS) is 20.2. The Morgan fingerprint density at radius 2 is 2.26 bits per heavy atom. The van der Waals surface area contributed by atoms with Gasteiger partial charge in [-0.05, 0) is 26.7 Å². The standard InChI is InChI=1S/C12H19N3OS.2ClH/c1-8-7-17-11(14-8)10-4-3-5-15(6-10)12(16)9(2)13;;/h7,9-10H,3-6,13H2,1-2H3;2*1H/t9-,10?;;/m1../s1. The van der Waals surface area contributed by atoms with Gasteiger partial charge in [-0.15, -0.1) is 36.2 Å². The number of rotatable bonds is 2. The first-order valence-electron chi connectivity index (χ1n) is 6.04. The third kappa shape index (κ3) is 4.60. The van der Waals surface area contributed by atoms with Gasteiger partial charge >= 0.3 is 0 Å². The van der Waals surface area contributed by atoms with Crippen LogP contribution in [0.5, 0.6) is 0 Å². The largest absolute Gasteiger partial charge is 0.341 e. The van der Waals surface area contributed by atoms with Crippen LogP contribution in [0.2, 0.25) is 0 Å². The van der Waals surface area contributed by atoms with Gasteiger partial charge in [-0.3, -0.25) is 4.79 Å². The quantitative estimate of drug-likeness (QED) is 0.907. The molecule has 7 heteroatoms. The summed E-state index contributed by atoms with van der Waals surface area (Å²) in [6.07, 6.45) is 2.16. The van der Waals surface area contributed by atoms with Crippen molar-refractivity contribution in [1.82, 2.24) is 9.88 Å². The summed E-state index contributed by atoms with van der Waals surface area (Å²) in [5, 5.41) is 3.23. The molecule has 2 heterocycles. The molecule has 0 aromatic carbocycles. The number of hydrogen-bond acceptors (Lipinski definition) is 4. The molecule has 1 amide bonds. The highest BCUT2D eigenvalue weighted by Gasteiger charge is 2.27. The van der Waals surface area contributed by atoms with Gasteiger partial charge in [-0.2, -0.15) is 0 Å². The number of aromatic nitrogens is 1. The molecule has 1 aliphatic rings. The third-order valence-electron chi connectivity index (χ3n) is 3.11. The van der Waals surface area contributed by atoms with Crippen LogP contribution in [0.25, 0.3) is 0 Å². The van der Waals surface area contributed by atoms with E-state index in [1.54, 1.807) is 18.3 Å². The minimum atomic E-state index is -0.396. The average molecular weight is 326 g/mol. The van der Waals surface area contributed by atoms with E-state index in [0.29, 0.717) is 5.92 Å². The van der Waals surface area contributed by atoms with Crippen molar-refractivity contribution in [3.63, 3.8) is 0 Å². The number of hydrogen-bond donors (Lipinski definition) is 1. The average Bonchev–Trinajstić information content (AvgIpc) is 2.75. The second-order valence-electron chi connectivity index (χ2n) is 4.74. The zero-order chi connectivity index (χ0) is 12.4. The second-order valence-corrected chi connectivity index (χ2v) is 5.63. The van der Waals surface area contributed by atoms with E-state index in [4.69, 9.17) is 5.73 Å². The molecular formula is C12H21Cl2N3OS. The molecule has 2 rings (SSSR count). The van der Waals surface area contributed by atoms with E-state index in [9.17, 15) is 4.79 Å². The molecule has 2 atom stereocenters. The number of halogens is 2. The number of nitrogens with two attached hydrogens (primary N) is 1. The molecule has 4 nitrogen and oxygen atoms in total. The van der Waals surface area contributed by atoms with Crippen molar-refractivity contribution < 1.29 is 4.79 Å². The number of carbonyl (C=O) groups excluding carboxylic acids is 1. The van der Waals surface area contributed by atoms with Gasteiger partial charge in [0.2, 0.25) is 5.91 Å². The zero-order valence-electron chi connectivity index (χ0n) is 11.2. The van der Waals surface area contributed by atoms with Crippen LogP contribution in [-0.4, -0.2) is 34.9 Å². The smallest absolute Gasteiger partial charge is 0.239 e. The van der Waals surface area contributed by atoms with Crippen LogP contribution in [0.4, 0.5) is 0 Å². The Morgan fingerprint density at radius 3 is 2.79 bits per heavy atom. The fourth-order valence-electron chi connectivity index (χ4n) is 2.23. The Labute approximate surface area is 130 Å². The number of piperidine rings is 1. The van der Waals surface area contributed by atoms with Crippen molar-refractivity contribution in [3.05, 3.63) is 16.1 Å². The molecule has 2 N–H and O–H groups in total.